The van der Waals surface area contributed by atoms with Crippen LogP contribution < -0.4 is 4.74 Å². The van der Waals surface area contributed by atoms with Crippen LogP contribution in [0, 0.1) is 0 Å². The number of aliphatic hydroxyl groups is 1. The van der Waals surface area contributed by atoms with Crippen LogP contribution in [0.4, 0.5) is 0 Å². The molecule has 0 saturated carbocycles. The molecule has 0 spiro atoms. The summed E-state index contributed by atoms with van der Waals surface area (Å²) in [6.45, 7) is 0. The number of methoxy groups -OCH3 is 1. The van der Waals surface area contributed by atoms with E-state index in [1.165, 1.54) is 0 Å². The number of nitrogens with zero attached hydrogens (tertiary/aromatic N) is 1. The zero-order chi connectivity index (χ0) is 12.3. The van der Waals surface area contributed by atoms with Gasteiger partial charge in [0.2, 0.25) is 0 Å². The lowest BCUT2D eigenvalue weighted by molar-refractivity contribution is 0.168. The van der Waals surface area contributed by atoms with Gasteiger partial charge in [-0.15, -0.1) is 0 Å². The van der Waals surface area contributed by atoms with E-state index in [2.05, 4.69) is 25.9 Å². The van der Waals surface area contributed by atoms with Crippen molar-refractivity contribution >= 4 is 15.9 Å². The fraction of sp³-hybridized carbons (Fsp3) is 0.250. The first-order valence-electron chi connectivity index (χ1n) is 5.20. The molecular formula is C12H13BrN2O2. The highest BCUT2D eigenvalue weighted by atomic mass is 79.9. The average molecular weight is 297 g/mol. The first kappa shape index (κ1) is 12.1. The number of benzene rings is 1. The number of aromatic amines is 1. The van der Waals surface area contributed by atoms with Gasteiger partial charge in [-0.25, -0.2) is 4.98 Å². The molecule has 2 aromatic rings. The highest BCUT2D eigenvalue weighted by Gasteiger charge is 2.14. The summed E-state index contributed by atoms with van der Waals surface area (Å²) >= 11 is 3.40. The fourth-order valence-electron chi connectivity index (χ4n) is 1.67. The number of rotatable bonds is 4. The second-order valence-corrected chi connectivity index (χ2v) is 4.57. The SMILES string of the molecule is COc1ccc(Br)cc1CC(O)c1ncc[nH]1. The van der Waals surface area contributed by atoms with Crippen LogP contribution >= 0.6 is 15.9 Å². The molecule has 0 aliphatic rings. The van der Waals surface area contributed by atoms with E-state index in [4.69, 9.17) is 4.74 Å². The van der Waals surface area contributed by atoms with Crippen LogP contribution in [0.1, 0.15) is 17.5 Å². The summed E-state index contributed by atoms with van der Waals surface area (Å²) in [5.41, 5.74) is 0.936. The number of hydrogen-bond donors (Lipinski definition) is 2. The number of aromatic nitrogens is 2. The van der Waals surface area contributed by atoms with Gasteiger partial charge in [0, 0.05) is 23.3 Å². The molecule has 0 fully saturated rings. The Kier molecular flexibility index (Phi) is 3.81. The molecule has 1 atom stereocenters. The third-order valence-electron chi connectivity index (χ3n) is 2.49. The molecular weight excluding hydrogens is 284 g/mol. The lowest BCUT2D eigenvalue weighted by Gasteiger charge is -2.12. The van der Waals surface area contributed by atoms with Crippen molar-refractivity contribution in [2.75, 3.05) is 7.11 Å². The monoisotopic (exact) mass is 296 g/mol. The minimum Gasteiger partial charge on any atom is -0.496 e. The molecule has 1 aromatic heterocycles. The molecule has 0 aliphatic carbocycles. The number of imidazole rings is 1. The Balaban J connectivity index is 2.20. The zero-order valence-electron chi connectivity index (χ0n) is 9.35. The van der Waals surface area contributed by atoms with Crippen molar-refractivity contribution < 1.29 is 9.84 Å². The van der Waals surface area contributed by atoms with E-state index in [-0.39, 0.29) is 0 Å². The number of aliphatic hydroxyl groups excluding tert-OH is 1. The van der Waals surface area contributed by atoms with E-state index in [1.54, 1.807) is 19.5 Å². The van der Waals surface area contributed by atoms with Gasteiger partial charge >= 0.3 is 0 Å². The maximum Gasteiger partial charge on any atom is 0.135 e. The van der Waals surface area contributed by atoms with Gasteiger partial charge in [0.25, 0.3) is 0 Å². The Morgan fingerprint density at radius 3 is 3.00 bits per heavy atom. The van der Waals surface area contributed by atoms with Crippen molar-refractivity contribution in [3.63, 3.8) is 0 Å². The third-order valence-corrected chi connectivity index (χ3v) is 2.98. The molecule has 1 unspecified atom stereocenters. The van der Waals surface area contributed by atoms with Crippen molar-refractivity contribution in [3.05, 3.63) is 46.5 Å². The molecule has 5 heteroatoms. The predicted molar refractivity (Wildman–Crippen MR) is 67.9 cm³/mol. The molecule has 2 rings (SSSR count). The molecule has 90 valence electrons. The lowest BCUT2D eigenvalue weighted by atomic mass is 10.1. The second kappa shape index (κ2) is 5.33. The normalized spacial score (nSPS) is 12.4. The summed E-state index contributed by atoms with van der Waals surface area (Å²) in [7, 11) is 1.62. The largest absolute Gasteiger partial charge is 0.496 e. The highest BCUT2D eigenvalue weighted by Crippen LogP contribution is 2.26. The fourth-order valence-corrected chi connectivity index (χ4v) is 2.08. The first-order chi connectivity index (χ1) is 8.20. The minimum atomic E-state index is -0.659. The molecule has 0 radical (unpaired) electrons. The Hall–Kier alpha value is -1.33. The van der Waals surface area contributed by atoms with Crippen LogP contribution in [0.25, 0.3) is 0 Å². The van der Waals surface area contributed by atoms with Crippen molar-refractivity contribution in [1.29, 1.82) is 0 Å². The number of nitrogens with one attached hydrogen (secondary N) is 1. The number of halogens is 1. The smallest absolute Gasteiger partial charge is 0.135 e. The molecule has 0 saturated heterocycles. The van der Waals surface area contributed by atoms with Gasteiger partial charge in [-0.3, -0.25) is 0 Å². The van der Waals surface area contributed by atoms with E-state index < -0.39 is 6.10 Å². The Morgan fingerprint density at radius 2 is 2.35 bits per heavy atom. The van der Waals surface area contributed by atoms with Crippen LogP contribution in [0.15, 0.2) is 35.1 Å². The van der Waals surface area contributed by atoms with Gasteiger partial charge in [-0.05, 0) is 23.8 Å². The molecule has 1 aromatic carbocycles. The van der Waals surface area contributed by atoms with Gasteiger partial charge in [0.15, 0.2) is 0 Å². The first-order valence-corrected chi connectivity index (χ1v) is 5.99. The van der Waals surface area contributed by atoms with E-state index in [1.807, 2.05) is 18.2 Å². The lowest BCUT2D eigenvalue weighted by Crippen LogP contribution is -2.05. The Morgan fingerprint density at radius 1 is 1.53 bits per heavy atom. The minimum absolute atomic E-state index is 0.454. The topological polar surface area (TPSA) is 58.1 Å². The predicted octanol–water partition coefficient (Wildman–Crippen LogP) is 2.46. The number of hydrogen-bond acceptors (Lipinski definition) is 3. The Bertz CT molecular complexity index is 485. The average Bonchev–Trinajstić information content (AvgIpc) is 2.83. The standard InChI is InChI=1S/C12H13BrN2O2/c1-17-11-3-2-9(13)6-8(11)7-10(16)12-14-4-5-15-12/h2-6,10,16H,7H2,1H3,(H,14,15). The van der Waals surface area contributed by atoms with Crippen molar-refractivity contribution in [2.24, 2.45) is 0 Å². The van der Waals surface area contributed by atoms with Crippen LogP contribution in [0.3, 0.4) is 0 Å². The third kappa shape index (κ3) is 2.87. The number of ether oxygens (including phenoxy) is 1. The summed E-state index contributed by atoms with van der Waals surface area (Å²) in [4.78, 5) is 6.93. The molecule has 2 N–H and O–H groups in total. The van der Waals surface area contributed by atoms with E-state index in [0.717, 1.165) is 15.8 Å². The van der Waals surface area contributed by atoms with E-state index in [0.29, 0.717) is 12.2 Å². The second-order valence-electron chi connectivity index (χ2n) is 3.65. The molecule has 0 aliphatic heterocycles. The summed E-state index contributed by atoms with van der Waals surface area (Å²) in [5, 5.41) is 10.0. The van der Waals surface area contributed by atoms with Crippen molar-refractivity contribution in [1.82, 2.24) is 9.97 Å². The van der Waals surface area contributed by atoms with Crippen LogP contribution in [-0.2, 0) is 6.42 Å². The van der Waals surface area contributed by atoms with Crippen molar-refractivity contribution in [2.45, 2.75) is 12.5 Å². The maximum atomic E-state index is 10.0. The van der Waals surface area contributed by atoms with Gasteiger partial charge in [0.05, 0.1) is 7.11 Å². The van der Waals surface area contributed by atoms with Gasteiger partial charge in [0.1, 0.15) is 17.7 Å². The highest BCUT2D eigenvalue weighted by molar-refractivity contribution is 9.10. The zero-order valence-corrected chi connectivity index (χ0v) is 10.9. The molecule has 1 heterocycles. The van der Waals surface area contributed by atoms with Crippen LogP contribution in [-0.4, -0.2) is 22.2 Å². The van der Waals surface area contributed by atoms with Crippen LogP contribution in [0.5, 0.6) is 5.75 Å². The van der Waals surface area contributed by atoms with Crippen molar-refractivity contribution in [3.8, 4) is 5.75 Å². The van der Waals surface area contributed by atoms with E-state index >= 15 is 0 Å². The van der Waals surface area contributed by atoms with E-state index in [9.17, 15) is 5.11 Å². The maximum absolute atomic E-state index is 10.0. The molecule has 17 heavy (non-hydrogen) atoms. The Labute approximate surface area is 108 Å². The summed E-state index contributed by atoms with van der Waals surface area (Å²) in [6, 6.07) is 5.71. The van der Waals surface area contributed by atoms with Gasteiger partial charge < -0.3 is 14.8 Å². The molecule has 0 bridgehead atoms. The number of H-pyrrole nitrogens is 1. The molecule has 0 amide bonds. The summed E-state index contributed by atoms with van der Waals surface area (Å²) in [5.74, 6) is 1.32. The summed E-state index contributed by atoms with van der Waals surface area (Å²) < 4.78 is 6.21. The van der Waals surface area contributed by atoms with Gasteiger partial charge in [-0.2, -0.15) is 0 Å². The van der Waals surface area contributed by atoms with Gasteiger partial charge in [-0.1, -0.05) is 15.9 Å². The summed E-state index contributed by atoms with van der Waals surface area (Å²) in [6.07, 6.45) is 3.11. The molecule has 4 nitrogen and oxygen atoms in total. The van der Waals surface area contributed by atoms with Crippen LogP contribution in [0.2, 0.25) is 0 Å². The quantitative estimate of drug-likeness (QED) is 0.911.